The summed E-state index contributed by atoms with van der Waals surface area (Å²) in [6, 6.07) is 3.10. The second-order valence-electron chi connectivity index (χ2n) is 5.64. The van der Waals surface area contributed by atoms with Crippen LogP contribution in [0.4, 0.5) is 0 Å². The van der Waals surface area contributed by atoms with E-state index in [1.807, 2.05) is 0 Å². The summed E-state index contributed by atoms with van der Waals surface area (Å²) in [5, 5.41) is 16.4. The van der Waals surface area contributed by atoms with Gasteiger partial charge in [-0.3, -0.25) is 20.0 Å². The van der Waals surface area contributed by atoms with E-state index in [9.17, 15) is 9.59 Å². The van der Waals surface area contributed by atoms with E-state index in [4.69, 9.17) is 32.6 Å². The molecule has 0 radical (unpaired) electrons. The molecule has 0 bridgehead atoms. The van der Waals surface area contributed by atoms with Crippen molar-refractivity contribution < 1.29 is 19.5 Å². The van der Waals surface area contributed by atoms with Crippen LogP contribution < -0.4 is 22.7 Å². The van der Waals surface area contributed by atoms with Gasteiger partial charge in [0.15, 0.2) is 11.3 Å². The second-order valence-corrected chi connectivity index (χ2v) is 5.64. The molecule has 2 rings (SSSR count). The smallest absolute Gasteiger partial charge is 0.332 e. The lowest BCUT2D eigenvalue weighted by Gasteiger charge is -2.22. The van der Waals surface area contributed by atoms with Crippen LogP contribution in [0, 0.1) is 5.41 Å². The van der Waals surface area contributed by atoms with Gasteiger partial charge in [-0.2, -0.15) is 5.48 Å². The Kier molecular flexibility index (Phi) is 5.24. The topological polar surface area (TPSA) is 190 Å². The number of carbonyl (C=O) groups excluding carboxylic acids is 1. The summed E-state index contributed by atoms with van der Waals surface area (Å²) in [5.41, 5.74) is 18.1. The molecule has 0 aromatic carbocycles. The number of Topliss-reactive ketones (excluding diaryl/α,β-unsaturated/α-hetero) is 1. The summed E-state index contributed by atoms with van der Waals surface area (Å²) in [4.78, 5) is 32.8. The van der Waals surface area contributed by atoms with E-state index in [2.05, 4.69) is 10.5 Å². The van der Waals surface area contributed by atoms with Gasteiger partial charge in [-0.25, -0.2) is 4.79 Å². The molecule has 1 saturated heterocycles. The lowest BCUT2D eigenvalue weighted by Crippen LogP contribution is -2.60. The van der Waals surface area contributed by atoms with E-state index in [-0.39, 0.29) is 18.3 Å². The summed E-state index contributed by atoms with van der Waals surface area (Å²) >= 11 is 0. The van der Waals surface area contributed by atoms with Crippen LogP contribution in [0.5, 0.6) is 0 Å². The number of nitrogens with two attached hydrogens (primary N) is 3. The van der Waals surface area contributed by atoms with Crippen molar-refractivity contribution in [3.05, 3.63) is 29.6 Å². The maximum atomic E-state index is 12.1. The number of amidine groups is 1. The fourth-order valence-electron chi connectivity index (χ4n) is 2.32. The molecule has 1 aliphatic heterocycles. The van der Waals surface area contributed by atoms with E-state index in [0.717, 1.165) is 0 Å². The molecule has 0 spiro atoms. The van der Waals surface area contributed by atoms with Crippen LogP contribution in [0.25, 0.3) is 0 Å². The number of aromatic nitrogens is 1. The van der Waals surface area contributed by atoms with E-state index >= 15 is 0 Å². The van der Waals surface area contributed by atoms with Crippen molar-refractivity contribution in [2.75, 3.05) is 6.54 Å². The number of rotatable bonds is 7. The average Bonchev–Trinajstić information content (AvgIpc) is 3.02. The molecule has 24 heavy (non-hydrogen) atoms. The first-order chi connectivity index (χ1) is 11.3. The first-order valence-electron chi connectivity index (χ1n) is 7.25. The first kappa shape index (κ1) is 17.9. The molecule has 1 aromatic rings. The molecule has 10 nitrogen and oxygen atoms in total. The van der Waals surface area contributed by atoms with Gasteiger partial charge >= 0.3 is 5.97 Å². The third-order valence-corrected chi connectivity index (χ3v) is 3.94. The summed E-state index contributed by atoms with van der Waals surface area (Å²) in [6.45, 7) is -0.487. The Bertz CT molecular complexity index is 649. The Morgan fingerprint density at radius 1 is 1.50 bits per heavy atom. The second kappa shape index (κ2) is 7.01. The number of aliphatic carboxylic acids is 1. The number of carboxylic acid groups (broad SMARTS) is 1. The molecular weight excluding hydrogens is 316 g/mol. The van der Waals surface area contributed by atoms with Crippen LogP contribution in [-0.2, 0) is 14.4 Å². The van der Waals surface area contributed by atoms with E-state index in [1.54, 1.807) is 12.1 Å². The Labute approximate surface area is 137 Å². The molecule has 1 aliphatic rings. The number of nitrogen functional groups attached to an aromatic ring is 1. The zero-order valence-corrected chi connectivity index (χ0v) is 12.9. The number of ketones is 1. The number of nitrogens with one attached hydrogen (secondary N) is 2. The van der Waals surface area contributed by atoms with Crippen molar-refractivity contribution >= 4 is 17.6 Å². The standard InChI is InChI=1S/C14H20N6O4/c15-6-14(18,13(22)23)11(21)4-8-3-10(20-24-8)9-2-1-7(5-19-9)12(16)17/h1-2,5,8,10,20H,3-4,6,15,18H2,(H3,16,17)(H,22,23)/t8-,10?,14?/m0/s1. The fraction of sp³-hybridized carbons (Fsp3) is 0.429. The molecule has 2 heterocycles. The molecule has 1 aromatic heterocycles. The van der Waals surface area contributed by atoms with Crippen LogP contribution in [0.15, 0.2) is 18.3 Å². The monoisotopic (exact) mass is 336 g/mol. The SMILES string of the molecule is N=C(N)c1ccc(C2C[C@@H](CC(=O)C(N)(CN)C(=O)O)ON2)nc1. The minimum absolute atomic E-state index is 0.0807. The summed E-state index contributed by atoms with van der Waals surface area (Å²) in [7, 11) is 0. The lowest BCUT2D eigenvalue weighted by atomic mass is 9.90. The highest BCUT2D eigenvalue weighted by Gasteiger charge is 2.42. The predicted octanol–water partition coefficient (Wildman–Crippen LogP) is -1.60. The minimum atomic E-state index is -2.11. The number of carbonyl (C=O) groups is 2. The molecule has 0 saturated carbocycles. The van der Waals surface area contributed by atoms with Crippen molar-refractivity contribution in [3.63, 3.8) is 0 Å². The number of carboxylic acids is 1. The first-order valence-corrected chi connectivity index (χ1v) is 7.25. The quantitative estimate of drug-likeness (QED) is 0.193. The highest BCUT2D eigenvalue weighted by Crippen LogP contribution is 2.26. The van der Waals surface area contributed by atoms with Gasteiger partial charge in [0.1, 0.15) is 5.84 Å². The Balaban J connectivity index is 1.99. The predicted molar refractivity (Wildman–Crippen MR) is 83.9 cm³/mol. The van der Waals surface area contributed by atoms with Crippen molar-refractivity contribution in [2.45, 2.75) is 30.5 Å². The number of pyridine rings is 1. The Hall–Kier alpha value is -2.40. The highest BCUT2D eigenvalue weighted by molar-refractivity contribution is 6.08. The van der Waals surface area contributed by atoms with Gasteiger partial charge in [-0.15, -0.1) is 0 Å². The van der Waals surface area contributed by atoms with Gasteiger partial charge in [-0.1, -0.05) is 0 Å². The van der Waals surface area contributed by atoms with E-state index in [0.29, 0.717) is 17.7 Å². The molecule has 130 valence electrons. The summed E-state index contributed by atoms with van der Waals surface area (Å²) in [6.07, 6.45) is 1.18. The Morgan fingerprint density at radius 3 is 2.71 bits per heavy atom. The van der Waals surface area contributed by atoms with Gasteiger partial charge < -0.3 is 22.3 Å². The van der Waals surface area contributed by atoms with Gasteiger partial charge in [-0.05, 0) is 18.6 Å². The summed E-state index contributed by atoms with van der Waals surface area (Å²) in [5.74, 6) is -2.23. The van der Waals surface area contributed by atoms with Gasteiger partial charge in [0.05, 0.1) is 17.8 Å². The van der Waals surface area contributed by atoms with Gasteiger partial charge in [0.2, 0.25) is 0 Å². The molecule has 0 amide bonds. The molecule has 0 aliphatic carbocycles. The molecule has 10 heteroatoms. The van der Waals surface area contributed by atoms with Crippen LogP contribution in [0.1, 0.15) is 30.1 Å². The summed E-state index contributed by atoms with van der Waals surface area (Å²) < 4.78 is 0. The van der Waals surface area contributed by atoms with Crippen molar-refractivity contribution in [1.29, 1.82) is 5.41 Å². The minimum Gasteiger partial charge on any atom is -0.479 e. The van der Waals surface area contributed by atoms with Crippen molar-refractivity contribution in [1.82, 2.24) is 10.5 Å². The van der Waals surface area contributed by atoms with Crippen LogP contribution in [-0.4, -0.2) is 45.9 Å². The average molecular weight is 336 g/mol. The molecule has 3 atom stereocenters. The van der Waals surface area contributed by atoms with E-state index in [1.165, 1.54) is 6.20 Å². The highest BCUT2D eigenvalue weighted by atomic mass is 16.7. The molecule has 9 N–H and O–H groups in total. The third-order valence-electron chi connectivity index (χ3n) is 3.94. The fourth-order valence-corrected chi connectivity index (χ4v) is 2.32. The lowest BCUT2D eigenvalue weighted by molar-refractivity contribution is -0.148. The Morgan fingerprint density at radius 2 is 2.21 bits per heavy atom. The zero-order chi connectivity index (χ0) is 17.9. The molecule has 1 fully saturated rings. The zero-order valence-electron chi connectivity index (χ0n) is 12.9. The number of hydrogen-bond acceptors (Lipinski definition) is 8. The van der Waals surface area contributed by atoms with Gasteiger partial charge in [0, 0.05) is 24.7 Å². The van der Waals surface area contributed by atoms with Gasteiger partial charge in [0.25, 0.3) is 0 Å². The van der Waals surface area contributed by atoms with E-state index < -0.39 is 29.9 Å². The van der Waals surface area contributed by atoms with Crippen molar-refractivity contribution in [2.24, 2.45) is 17.2 Å². The largest absolute Gasteiger partial charge is 0.479 e. The number of nitrogens with zero attached hydrogens (tertiary/aromatic N) is 1. The number of hydrogen-bond donors (Lipinski definition) is 6. The van der Waals surface area contributed by atoms with Crippen molar-refractivity contribution in [3.8, 4) is 0 Å². The number of hydroxylamine groups is 1. The third kappa shape index (κ3) is 3.57. The maximum Gasteiger partial charge on any atom is 0.332 e. The van der Waals surface area contributed by atoms with Crippen LogP contribution in [0.3, 0.4) is 0 Å². The van der Waals surface area contributed by atoms with Crippen LogP contribution >= 0.6 is 0 Å². The maximum absolute atomic E-state index is 12.1. The molecular formula is C14H20N6O4. The molecule has 2 unspecified atom stereocenters. The normalized spacial score (nSPS) is 22.8. The van der Waals surface area contributed by atoms with Crippen LogP contribution in [0.2, 0.25) is 0 Å².